The Kier molecular flexibility index (Phi) is 3.69. The molecule has 21 heavy (non-hydrogen) atoms. The summed E-state index contributed by atoms with van der Waals surface area (Å²) in [4.78, 5) is 28.5. The fourth-order valence-electron chi connectivity index (χ4n) is 3.13. The summed E-state index contributed by atoms with van der Waals surface area (Å²) in [6.07, 6.45) is 6.81. The normalized spacial score (nSPS) is 23.5. The largest absolute Gasteiger partial charge is 0.331 e. The van der Waals surface area contributed by atoms with Gasteiger partial charge in [0.25, 0.3) is 0 Å². The van der Waals surface area contributed by atoms with Gasteiger partial charge in [-0.1, -0.05) is 0 Å². The molecule has 3 heterocycles. The van der Waals surface area contributed by atoms with Gasteiger partial charge in [-0.15, -0.1) is 0 Å². The van der Waals surface area contributed by atoms with Crippen molar-refractivity contribution in [1.29, 1.82) is 0 Å². The molecular formula is C15H22N4O2. The van der Waals surface area contributed by atoms with Crippen LogP contribution in [0.3, 0.4) is 0 Å². The average molecular weight is 290 g/mol. The van der Waals surface area contributed by atoms with Crippen molar-refractivity contribution in [3.63, 3.8) is 0 Å². The molecular weight excluding hydrogens is 268 g/mol. The SMILES string of the molecule is CC(C)n1cc(N2CCC(=O)N3CCCCC3C2=O)cn1. The highest BCUT2D eigenvalue weighted by Gasteiger charge is 2.38. The smallest absolute Gasteiger partial charge is 0.249 e. The van der Waals surface area contributed by atoms with E-state index in [4.69, 9.17) is 0 Å². The topological polar surface area (TPSA) is 58.4 Å². The molecule has 2 fully saturated rings. The summed E-state index contributed by atoms with van der Waals surface area (Å²) >= 11 is 0. The first-order chi connectivity index (χ1) is 10.1. The predicted molar refractivity (Wildman–Crippen MR) is 78.9 cm³/mol. The van der Waals surface area contributed by atoms with E-state index in [2.05, 4.69) is 5.10 Å². The molecule has 114 valence electrons. The Morgan fingerprint density at radius 2 is 2.05 bits per heavy atom. The number of fused-ring (bicyclic) bond motifs is 1. The fraction of sp³-hybridized carbons (Fsp3) is 0.667. The van der Waals surface area contributed by atoms with Crippen LogP contribution in [0.25, 0.3) is 0 Å². The molecule has 2 aliphatic rings. The van der Waals surface area contributed by atoms with Crippen LogP contribution in [-0.2, 0) is 9.59 Å². The number of nitrogens with zero attached hydrogens (tertiary/aromatic N) is 4. The minimum atomic E-state index is -0.281. The van der Waals surface area contributed by atoms with E-state index < -0.39 is 0 Å². The van der Waals surface area contributed by atoms with Crippen molar-refractivity contribution >= 4 is 17.5 Å². The highest BCUT2D eigenvalue weighted by molar-refractivity contribution is 6.01. The van der Waals surface area contributed by atoms with Crippen molar-refractivity contribution < 1.29 is 9.59 Å². The second kappa shape index (κ2) is 5.50. The van der Waals surface area contributed by atoms with Gasteiger partial charge < -0.3 is 9.80 Å². The number of carbonyl (C=O) groups is 2. The first-order valence-corrected chi connectivity index (χ1v) is 7.73. The molecule has 1 aromatic heterocycles. The van der Waals surface area contributed by atoms with Gasteiger partial charge in [-0.3, -0.25) is 14.3 Å². The van der Waals surface area contributed by atoms with Crippen molar-refractivity contribution in [3.8, 4) is 0 Å². The fourth-order valence-corrected chi connectivity index (χ4v) is 3.13. The Morgan fingerprint density at radius 1 is 1.24 bits per heavy atom. The van der Waals surface area contributed by atoms with Crippen LogP contribution in [0.5, 0.6) is 0 Å². The molecule has 1 atom stereocenters. The van der Waals surface area contributed by atoms with Crippen LogP contribution >= 0.6 is 0 Å². The molecule has 3 rings (SSSR count). The molecule has 2 aliphatic heterocycles. The van der Waals surface area contributed by atoms with Crippen LogP contribution in [-0.4, -0.2) is 45.6 Å². The number of anilines is 1. The number of carbonyl (C=O) groups excluding carboxylic acids is 2. The van der Waals surface area contributed by atoms with Crippen molar-refractivity contribution in [1.82, 2.24) is 14.7 Å². The Labute approximate surface area is 124 Å². The van der Waals surface area contributed by atoms with Crippen molar-refractivity contribution in [2.75, 3.05) is 18.0 Å². The lowest BCUT2D eigenvalue weighted by Gasteiger charge is -2.34. The summed E-state index contributed by atoms with van der Waals surface area (Å²) in [7, 11) is 0. The first-order valence-electron chi connectivity index (χ1n) is 7.73. The second-order valence-corrected chi connectivity index (χ2v) is 6.11. The average Bonchev–Trinajstić information content (AvgIpc) is 2.92. The van der Waals surface area contributed by atoms with Gasteiger partial charge in [0.1, 0.15) is 6.04 Å². The second-order valence-electron chi connectivity index (χ2n) is 6.11. The lowest BCUT2D eigenvalue weighted by molar-refractivity contribution is -0.138. The summed E-state index contributed by atoms with van der Waals surface area (Å²) in [5.41, 5.74) is 0.800. The van der Waals surface area contributed by atoms with E-state index >= 15 is 0 Å². The first kappa shape index (κ1) is 14.1. The van der Waals surface area contributed by atoms with E-state index in [-0.39, 0.29) is 23.9 Å². The van der Waals surface area contributed by atoms with Gasteiger partial charge in [-0.25, -0.2) is 0 Å². The Hall–Kier alpha value is -1.85. The number of hydrogen-bond acceptors (Lipinski definition) is 3. The summed E-state index contributed by atoms with van der Waals surface area (Å²) in [5, 5.41) is 4.30. The molecule has 0 N–H and O–H groups in total. The van der Waals surface area contributed by atoms with E-state index in [1.165, 1.54) is 0 Å². The van der Waals surface area contributed by atoms with Gasteiger partial charge in [0, 0.05) is 31.7 Å². The van der Waals surface area contributed by atoms with Gasteiger partial charge in [0.05, 0.1) is 11.9 Å². The van der Waals surface area contributed by atoms with E-state index in [1.54, 1.807) is 16.0 Å². The van der Waals surface area contributed by atoms with E-state index in [1.807, 2.05) is 24.7 Å². The number of hydrogen-bond donors (Lipinski definition) is 0. The van der Waals surface area contributed by atoms with Crippen LogP contribution in [0.15, 0.2) is 12.4 Å². The van der Waals surface area contributed by atoms with Crippen LogP contribution in [0.1, 0.15) is 45.6 Å². The zero-order chi connectivity index (χ0) is 15.0. The summed E-state index contributed by atoms with van der Waals surface area (Å²) in [6.45, 7) is 5.27. The third-order valence-electron chi connectivity index (χ3n) is 4.35. The zero-order valence-electron chi connectivity index (χ0n) is 12.7. The molecule has 2 saturated heterocycles. The van der Waals surface area contributed by atoms with Gasteiger partial charge >= 0.3 is 0 Å². The molecule has 0 bridgehead atoms. The lowest BCUT2D eigenvalue weighted by atomic mass is 10.0. The number of amides is 2. The molecule has 0 spiro atoms. The van der Waals surface area contributed by atoms with Crippen LogP contribution in [0.4, 0.5) is 5.69 Å². The number of rotatable bonds is 2. The van der Waals surface area contributed by atoms with E-state index in [0.717, 1.165) is 24.9 Å². The predicted octanol–water partition coefficient (Wildman–Crippen LogP) is 1.58. The summed E-state index contributed by atoms with van der Waals surface area (Å²) in [6, 6.07) is -0.0233. The molecule has 6 nitrogen and oxygen atoms in total. The van der Waals surface area contributed by atoms with E-state index in [0.29, 0.717) is 19.5 Å². The molecule has 0 saturated carbocycles. The summed E-state index contributed by atoms with van der Waals surface area (Å²) < 4.78 is 1.84. The minimum absolute atomic E-state index is 0.0452. The van der Waals surface area contributed by atoms with Gasteiger partial charge in [0.15, 0.2) is 0 Å². The molecule has 2 amide bonds. The molecule has 6 heteroatoms. The Morgan fingerprint density at radius 3 is 2.76 bits per heavy atom. The monoisotopic (exact) mass is 290 g/mol. The Bertz CT molecular complexity index is 552. The highest BCUT2D eigenvalue weighted by atomic mass is 16.2. The standard InChI is InChI=1S/C15H22N4O2/c1-11(2)19-10-12(9-16-19)17-8-6-14(20)18-7-4-3-5-13(18)15(17)21/h9-11,13H,3-8H2,1-2H3. The van der Waals surface area contributed by atoms with E-state index in [9.17, 15) is 9.59 Å². The maximum atomic E-state index is 12.8. The van der Waals surface area contributed by atoms with Crippen LogP contribution < -0.4 is 4.90 Å². The van der Waals surface area contributed by atoms with Crippen molar-refractivity contribution in [3.05, 3.63) is 12.4 Å². The highest BCUT2D eigenvalue weighted by Crippen LogP contribution is 2.26. The third kappa shape index (κ3) is 2.54. The zero-order valence-corrected chi connectivity index (χ0v) is 12.7. The van der Waals surface area contributed by atoms with Crippen LogP contribution in [0, 0.1) is 0 Å². The van der Waals surface area contributed by atoms with Gasteiger partial charge in [-0.2, -0.15) is 5.10 Å². The number of aromatic nitrogens is 2. The van der Waals surface area contributed by atoms with Crippen LogP contribution in [0.2, 0.25) is 0 Å². The lowest BCUT2D eigenvalue weighted by Crippen LogP contribution is -2.49. The van der Waals surface area contributed by atoms with Crippen molar-refractivity contribution in [2.24, 2.45) is 0 Å². The third-order valence-corrected chi connectivity index (χ3v) is 4.35. The maximum Gasteiger partial charge on any atom is 0.249 e. The molecule has 0 radical (unpaired) electrons. The van der Waals surface area contributed by atoms with Gasteiger partial charge in [-0.05, 0) is 33.1 Å². The maximum absolute atomic E-state index is 12.8. The molecule has 0 aliphatic carbocycles. The summed E-state index contributed by atoms with van der Waals surface area (Å²) in [5.74, 6) is 0.149. The number of piperidine rings is 1. The van der Waals surface area contributed by atoms with Crippen molar-refractivity contribution in [2.45, 2.75) is 51.6 Å². The molecule has 0 aromatic carbocycles. The quantitative estimate of drug-likeness (QED) is 0.831. The Balaban J connectivity index is 1.88. The minimum Gasteiger partial charge on any atom is -0.331 e. The molecule has 1 aromatic rings. The molecule has 1 unspecified atom stereocenters. The van der Waals surface area contributed by atoms with Gasteiger partial charge in [0.2, 0.25) is 11.8 Å².